The monoisotopic (exact) mass is 401 g/mol. The molecule has 4 nitrogen and oxygen atoms in total. The maximum absolute atomic E-state index is 13.6. The fourth-order valence-electron chi connectivity index (χ4n) is 2.51. The van der Waals surface area contributed by atoms with Gasteiger partial charge in [-0.15, -0.1) is 0 Å². The van der Waals surface area contributed by atoms with Crippen molar-refractivity contribution in [3.63, 3.8) is 0 Å². The SMILES string of the molecule is CC(C)C[C@H](N)C(=O)c1c(C(F)(F)F)c2ccc([As])cc2oc1=O. The van der Waals surface area contributed by atoms with E-state index >= 15 is 0 Å². The number of hydrogen-bond acceptors (Lipinski definition) is 4. The predicted molar refractivity (Wildman–Crippen MR) is 84.6 cm³/mol. The molecule has 0 spiro atoms. The molecule has 8 heteroatoms. The van der Waals surface area contributed by atoms with Crippen LogP contribution in [0.3, 0.4) is 0 Å². The molecule has 1 atom stereocenters. The summed E-state index contributed by atoms with van der Waals surface area (Å²) in [6, 6.07) is 2.71. The first-order valence-electron chi connectivity index (χ1n) is 7.19. The van der Waals surface area contributed by atoms with Crippen LogP contribution >= 0.6 is 0 Å². The van der Waals surface area contributed by atoms with Crippen LogP contribution in [0, 0.1) is 5.92 Å². The fraction of sp³-hybridized carbons (Fsp3) is 0.375. The van der Waals surface area contributed by atoms with E-state index in [4.69, 9.17) is 10.2 Å². The summed E-state index contributed by atoms with van der Waals surface area (Å²) in [4.78, 5) is 24.5. The molecular weight excluding hydrogens is 386 g/mol. The first-order valence-corrected chi connectivity index (χ1v) is 8.13. The molecule has 2 radical (unpaired) electrons. The van der Waals surface area contributed by atoms with Crippen molar-refractivity contribution in [2.75, 3.05) is 0 Å². The van der Waals surface area contributed by atoms with Crippen LogP contribution in [-0.2, 0) is 6.18 Å². The number of alkyl halides is 3. The van der Waals surface area contributed by atoms with Gasteiger partial charge < -0.3 is 0 Å². The molecule has 1 aromatic carbocycles. The van der Waals surface area contributed by atoms with Crippen molar-refractivity contribution in [1.82, 2.24) is 0 Å². The Labute approximate surface area is 144 Å². The molecule has 0 bridgehead atoms. The van der Waals surface area contributed by atoms with Crippen molar-refractivity contribution in [3.8, 4) is 0 Å². The van der Waals surface area contributed by atoms with E-state index in [0.29, 0.717) is 4.35 Å². The Kier molecular flexibility index (Phi) is 5.25. The summed E-state index contributed by atoms with van der Waals surface area (Å²) < 4.78 is 46.2. The van der Waals surface area contributed by atoms with Gasteiger partial charge in [0.1, 0.15) is 0 Å². The normalized spacial score (nSPS) is 13.5. The average Bonchev–Trinajstić information content (AvgIpc) is 2.43. The number of ketones is 1. The van der Waals surface area contributed by atoms with E-state index in [1.807, 2.05) is 0 Å². The second-order valence-corrected chi connectivity index (χ2v) is 7.00. The van der Waals surface area contributed by atoms with Gasteiger partial charge in [0.2, 0.25) is 0 Å². The van der Waals surface area contributed by atoms with Gasteiger partial charge in [0.15, 0.2) is 0 Å². The third-order valence-electron chi connectivity index (χ3n) is 3.48. The molecule has 2 N–H and O–H groups in total. The van der Waals surface area contributed by atoms with Crippen LogP contribution in [0.2, 0.25) is 0 Å². The van der Waals surface area contributed by atoms with Crippen LogP contribution < -0.4 is 15.7 Å². The molecule has 0 saturated carbocycles. The minimum atomic E-state index is -4.89. The van der Waals surface area contributed by atoms with Gasteiger partial charge >= 0.3 is 144 Å². The first kappa shape index (κ1) is 18.7. The van der Waals surface area contributed by atoms with E-state index in [2.05, 4.69) is 16.9 Å². The van der Waals surface area contributed by atoms with Gasteiger partial charge in [0.05, 0.1) is 0 Å². The van der Waals surface area contributed by atoms with Crippen LogP contribution in [0.4, 0.5) is 13.2 Å². The van der Waals surface area contributed by atoms with E-state index in [1.54, 1.807) is 13.8 Å². The van der Waals surface area contributed by atoms with Gasteiger partial charge in [-0.1, -0.05) is 0 Å². The van der Waals surface area contributed by atoms with E-state index < -0.39 is 34.8 Å². The number of benzene rings is 1. The number of carbonyl (C=O) groups excluding carboxylic acids is 1. The van der Waals surface area contributed by atoms with Gasteiger partial charge in [-0.05, 0) is 0 Å². The molecule has 0 aliphatic heterocycles. The van der Waals surface area contributed by atoms with Crippen molar-refractivity contribution in [2.24, 2.45) is 11.7 Å². The molecule has 0 aliphatic carbocycles. The fourth-order valence-corrected chi connectivity index (χ4v) is 2.91. The maximum atomic E-state index is 13.6. The molecule has 0 saturated heterocycles. The van der Waals surface area contributed by atoms with Crippen LogP contribution in [0.1, 0.15) is 36.2 Å². The van der Waals surface area contributed by atoms with E-state index in [9.17, 15) is 22.8 Å². The van der Waals surface area contributed by atoms with Crippen LogP contribution in [-0.4, -0.2) is 28.7 Å². The summed E-state index contributed by atoms with van der Waals surface area (Å²) in [5.74, 6) is -1.06. The van der Waals surface area contributed by atoms with Crippen molar-refractivity contribution in [1.29, 1.82) is 0 Å². The number of rotatable bonds is 4. The van der Waals surface area contributed by atoms with Crippen LogP contribution in [0.15, 0.2) is 27.4 Å². The Morgan fingerprint density at radius 1 is 1.33 bits per heavy atom. The molecular formula is C16H15AsF3NO3. The molecule has 0 amide bonds. The number of hydrogen-bond donors (Lipinski definition) is 1. The van der Waals surface area contributed by atoms with Crippen molar-refractivity contribution in [2.45, 2.75) is 32.5 Å². The Morgan fingerprint density at radius 3 is 2.50 bits per heavy atom. The van der Waals surface area contributed by atoms with Crippen LogP contribution in [0.5, 0.6) is 0 Å². The Balaban J connectivity index is 2.78. The topological polar surface area (TPSA) is 73.3 Å². The molecule has 2 aromatic rings. The van der Waals surface area contributed by atoms with Crippen molar-refractivity contribution in [3.05, 3.63) is 39.7 Å². The predicted octanol–water partition coefficient (Wildman–Crippen LogP) is 2.16. The van der Waals surface area contributed by atoms with Gasteiger partial charge in [-0.3, -0.25) is 0 Å². The third kappa shape index (κ3) is 3.73. The summed E-state index contributed by atoms with van der Waals surface area (Å²) in [5, 5.41) is -0.336. The van der Waals surface area contributed by atoms with Gasteiger partial charge in [-0.2, -0.15) is 0 Å². The molecule has 0 unspecified atom stereocenters. The number of carbonyl (C=O) groups is 1. The zero-order valence-corrected chi connectivity index (χ0v) is 14.9. The zero-order chi connectivity index (χ0) is 18.2. The summed E-state index contributed by atoms with van der Waals surface area (Å²) in [6.45, 7) is 3.56. The first-order chi connectivity index (χ1) is 11.0. The second kappa shape index (κ2) is 6.73. The summed E-state index contributed by atoms with van der Waals surface area (Å²) >= 11 is 2.14. The van der Waals surface area contributed by atoms with Gasteiger partial charge in [-0.25, -0.2) is 0 Å². The summed E-state index contributed by atoms with van der Waals surface area (Å²) in [7, 11) is 0. The quantitative estimate of drug-likeness (QED) is 0.484. The summed E-state index contributed by atoms with van der Waals surface area (Å²) in [6.07, 6.45) is -4.72. The van der Waals surface area contributed by atoms with Crippen LogP contribution in [0.25, 0.3) is 11.0 Å². The Hall–Kier alpha value is -1.59. The number of fused-ring (bicyclic) bond motifs is 1. The Bertz CT molecular complexity index is 843. The molecule has 0 fully saturated rings. The van der Waals surface area contributed by atoms with Gasteiger partial charge in [0, 0.05) is 0 Å². The van der Waals surface area contributed by atoms with Crippen molar-refractivity contribution < 1.29 is 22.4 Å². The minimum absolute atomic E-state index is 0.00815. The zero-order valence-electron chi connectivity index (χ0n) is 13.0. The Morgan fingerprint density at radius 2 is 1.96 bits per heavy atom. The summed E-state index contributed by atoms with van der Waals surface area (Å²) in [5.41, 5.74) is 1.84. The van der Waals surface area contributed by atoms with E-state index in [1.165, 1.54) is 18.2 Å². The van der Waals surface area contributed by atoms with E-state index in [-0.39, 0.29) is 23.3 Å². The third-order valence-corrected chi connectivity index (χ3v) is 4.07. The molecule has 2 rings (SSSR count). The number of Topliss-reactive ketones (excluding diaryl/α,β-unsaturated/α-hetero) is 1. The molecule has 24 heavy (non-hydrogen) atoms. The molecule has 1 heterocycles. The number of nitrogens with two attached hydrogens (primary N) is 1. The van der Waals surface area contributed by atoms with Crippen molar-refractivity contribution >= 4 is 38.0 Å². The van der Waals surface area contributed by atoms with Gasteiger partial charge in [0.25, 0.3) is 0 Å². The average molecular weight is 401 g/mol. The molecule has 128 valence electrons. The standard InChI is InChI=1S/C16H15AsF3NO3/c1-7(2)5-10(21)14(22)12-13(16(18,19)20)9-4-3-8(17)6-11(9)24-15(12)23/h3-4,6-7,10H,5,21H2,1-2H3/t10-/m0/s1. The number of halogens is 3. The van der Waals surface area contributed by atoms with E-state index in [0.717, 1.165) is 0 Å². The second-order valence-electron chi connectivity index (χ2n) is 5.92. The molecule has 0 aliphatic rings. The molecule has 1 aromatic heterocycles.